The standard InChI is InChI=1S/C17H24N2O4.ClH/c1-19(10-13-3-4-14-15(9-13)23-12-22-14)16(20)17(11-21-2)5-7-18-8-6-17;/h3-4,9,18H,5-8,10-12H2,1-2H3;1H. The quantitative estimate of drug-likeness (QED) is 0.872. The molecule has 7 heteroatoms. The number of piperidine rings is 1. The van der Waals surface area contributed by atoms with Crippen LogP contribution in [-0.2, 0) is 16.1 Å². The average Bonchev–Trinajstić information content (AvgIpc) is 3.03. The number of amides is 1. The minimum absolute atomic E-state index is 0. The highest BCUT2D eigenvalue weighted by Crippen LogP contribution is 2.34. The van der Waals surface area contributed by atoms with Gasteiger partial charge in [0.1, 0.15) is 0 Å². The third-order valence-corrected chi connectivity index (χ3v) is 4.64. The molecule has 1 aromatic rings. The van der Waals surface area contributed by atoms with Crippen LogP contribution in [0.25, 0.3) is 0 Å². The minimum atomic E-state index is -0.412. The molecule has 0 spiro atoms. The summed E-state index contributed by atoms with van der Waals surface area (Å²) in [7, 11) is 3.52. The lowest BCUT2D eigenvalue weighted by Crippen LogP contribution is -2.50. The van der Waals surface area contributed by atoms with Crippen molar-refractivity contribution in [3.05, 3.63) is 23.8 Å². The Balaban J connectivity index is 0.00000208. The van der Waals surface area contributed by atoms with E-state index in [1.54, 1.807) is 12.0 Å². The first-order chi connectivity index (χ1) is 11.1. The van der Waals surface area contributed by atoms with E-state index in [0.29, 0.717) is 13.2 Å². The third-order valence-electron chi connectivity index (χ3n) is 4.64. The predicted octanol–water partition coefficient (Wildman–Crippen LogP) is 1.81. The van der Waals surface area contributed by atoms with Crippen LogP contribution in [0.15, 0.2) is 18.2 Å². The van der Waals surface area contributed by atoms with E-state index < -0.39 is 5.41 Å². The number of benzene rings is 1. The second-order valence-electron chi connectivity index (χ2n) is 6.31. The van der Waals surface area contributed by atoms with Crippen molar-refractivity contribution in [1.29, 1.82) is 0 Å². The number of nitrogens with one attached hydrogen (secondary N) is 1. The Hall–Kier alpha value is -1.50. The summed E-state index contributed by atoms with van der Waals surface area (Å²) in [6.07, 6.45) is 1.62. The molecule has 0 bridgehead atoms. The summed E-state index contributed by atoms with van der Waals surface area (Å²) in [4.78, 5) is 14.8. The van der Waals surface area contributed by atoms with Crippen molar-refractivity contribution >= 4 is 18.3 Å². The molecular formula is C17H25ClN2O4. The number of nitrogens with zero attached hydrogens (tertiary/aromatic N) is 1. The molecule has 2 aliphatic rings. The fraction of sp³-hybridized carbons (Fsp3) is 0.588. The van der Waals surface area contributed by atoms with E-state index in [4.69, 9.17) is 14.2 Å². The Morgan fingerprint density at radius 3 is 2.71 bits per heavy atom. The molecule has 0 unspecified atom stereocenters. The first-order valence-electron chi connectivity index (χ1n) is 7.98. The van der Waals surface area contributed by atoms with Crippen molar-refractivity contribution in [2.24, 2.45) is 5.41 Å². The first kappa shape index (κ1) is 18.8. The molecule has 0 atom stereocenters. The molecule has 1 fully saturated rings. The van der Waals surface area contributed by atoms with Gasteiger partial charge in [-0.1, -0.05) is 6.07 Å². The Morgan fingerprint density at radius 1 is 1.29 bits per heavy atom. The highest BCUT2D eigenvalue weighted by molar-refractivity contribution is 5.85. The average molecular weight is 357 g/mol. The summed E-state index contributed by atoms with van der Waals surface area (Å²) in [5.74, 6) is 1.66. The number of fused-ring (bicyclic) bond motifs is 1. The van der Waals surface area contributed by atoms with E-state index in [0.717, 1.165) is 43.0 Å². The molecular weight excluding hydrogens is 332 g/mol. The lowest BCUT2D eigenvalue weighted by Gasteiger charge is -2.38. The SMILES string of the molecule is COCC1(C(=O)N(C)Cc2ccc3c(c2)OCO3)CCNCC1.Cl. The lowest BCUT2D eigenvalue weighted by atomic mass is 9.78. The van der Waals surface area contributed by atoms with Crippen LogP contribution in [0.1, 0.15) is 18.4 Å². The molecule has 1 amide bonds. The number of rotatable bonds is 5. The van der Waals surface area contributed by atoms with Crippen LogP contribution in [0.5, 0.6) is 11.5 Å². The van der Waals surface area contributed by atoms with Crippen molar-refractivity contribution < 1.29 is 19.0 Å². The predicted molar refractivity (Wildman–Crippen MR) is 92.7 cm³/mol. The molecule has 6 nitrogen and oxygen atoms in total. The Labute approximate surface area is 148 Å². The van der Waals surface area contributed by atoms with Gasteiger partial charge in [-0.3, -0.25) is 4.79 Å². The maximum atomic E-state index is 13.0. The van der Waals surface area contributed by atoms with E-state index in [1.165, 1.54) is 0 Å². The molecule has 1 aromatic carbocycles. The number of carbonyl (C=O) groups is 1. The normalized spacial score (nSPS) is 17.9. The second kappa shape index (κ2) is 8.05. The molecule has 134 valence electrons. The molecule has 0 aliphatic carbocycles. The zero-order chi connectivity index (χ0) is 16.3. The van der Waals surface area contributed by atoms with Crippen molar-refractivity contribution in [3.63, 3.8) is 0 Å². The molecule has 0 radical (unpaired) electrons. The summed E-state index contributed by atoms with van der Waals surface area (Å²) >= 11 is 0. The van der Waals surface area contributed by atoms with Crippen molar-refractivity contribution in [1.82, 2.24) is 10.2 Å². The van der Waals surface area contributed by atoms with Gasteiger partial charge in [0.2, 0.25) is 12.7 Å². The van der Waals surface area contributed by atoms with E-state index in [1.807, 2.05) is 25.2 Å². The van der Waals surface area contributed by atoms with Gasteiger partial charge in [0, 0.05) is 20.7 Å². The summed E-state index contributed by atoms with van der Waals surface area (Å²) in [6, 6.07) is 5.81. The second-order valence-corrected chi connectivity index (χ2v) is 6.31. The molecule has 0 aromatic heterocycles. The Kier molecular flexibility index (Phi) is 6.32. The van der Waals surface area contributed by atoms with Crippen molar-refractivity contribution in [3.8, 4) is 11.5 Å². The molecule has 2 aliphatic heterocycles. The fourth-order valence-electron chi connectivity index (χ4n) is 3.39. The maximum absolute atomic E-state index is 13.0. The monoisotopic (exact) mass is 356 g/mol. The third kappa shape index (κ3) is 3.77. The van der Waals surface area contributed by atoms with Gasteiger partial charge < -0.3 is 24.4 Å². The van der Waals surface area contributed by atoms with E-state index in [9.17, 15) is 4.79 Å². The highest BCUT2D eigenvalue weighted by atomic mass is 35.5. The van der Waals surface area contributed by atoms with Gasteiger partial charge in [0.25, 0.3) is 0 Å². The van der Waals surface area contributed by atoms with Gasteiger partial charge in [0.05, 0.1) is 12.0 Å². The molecule has 1 saturated heterocycles. The van der Waals surface area contributed by atoms with Crippen LogP contribution in [0.4, 0.5) is 0 Å². The van der Waals surface area contributed by atoms with Crippen molar-refractivity contribution in [2.75, 3.05) is 40.6 Å². The number of hydrogen-bond acceptors (Lipinski definition) is 5. The van der Waals surface area contributed by atoms with Gasteiger partial charge in [-0.2, -0.15) is 0 Å². The Bertz CT molecular complexity index is 570. The number of ether oxygens (including phenoxy) is 3. The largest absolute Gasteiger partial charge is 0.454 e. The highest BCUT2D eigenvalue weighted by Gasteiger charge is 2.41. The zero-order valence-corrected chi connectivity index (χ0v) is 15.0. The Morgan fingerprint density at radius 2 is 2.00 bits per heavy atom. The summed E-state index contributed by atoms with van der Waals surface area (Å²) < 4.78 is 16.1. The zero-order valence-electron chi connectivity index (χ0n) is 14.2. The minimum Gasteiger partial charge on any atom is -0.454 e. The molecule has 3 rings (SSSR count). The lowest BCUT2D eigenvalue weighted by molar-refractivity contribution is -0.146. The molecule has 1 N–H and O–H groups in total. The topological polar surface area (TPSA) is 60.0 Å². The van der Waals surface area contributed by atoms with Gasteiger partial charge >= 0.3 is 0 Å². The number of carbonyl (C=O) groups excluding carboxylic acids is 1. The van der Waals surface area contributed by atoms with Crippen LogP contribution in [-0.4, -0.2) is 51.5 Å². The van der Waals surface area contributed by atoms with Gasteiger partial charge in [-0.15, -0.1) is 12.4 Å². The first-order valence-corrected chi connectivity index (χ1v) is 7.98. The van der Waals surface area contributed by atoms with Gasteiger partial charge in [-0.05, 0) is 43.6 Å². The maximum Gasteiger partial charge on any atom is 0.231 e. The van der Waals surface area contributed by atoms with Gasteiger partial charge in [0.15, 0.2) is 11.5 Å². The van der Waals surface area contributed by atoms with Crippen LogP contribution in [0.2, 0.25) is 0 Å². The summed E-state index contributed by atoms with van der Waals surface area (Å²) in [5, 5.41) is 3.31. The number of methoxy groups -OCH3 is 1. The summed E-state index contributed by atoms with van der Waals surface area (Å²) in [6.45, 7) is 2.99. The van der Waals surface area contributed by atoms with Crippen LogP contribution >= 0.6 is 12.4 Å². The van der Waals surface area contributed by atoms with Crippen LogP contribution in [0, 0.1) is 5.41 Å². The summed E-state index contributed by atoms with van der Waals surface area (Å²) in [5.41, 5.74) is 0.622. The fourth-order valence-corrected chi connectivity index (χ4v) is 3.39. The smallest absolute Gasteiger partial charge is 0.231 e. The van der Waals surface area contributed by atoms with Gasteiger partial charge in [-0.25, -0.2) is 0 Å². The van der Waals surface area contributed by atoms with Crippen LogP contribution in [0.3, 0.4) is 0 Å². The van der Waals surface area contributed by atoms with E-state index in [2.05, 4.69) is 5.32 Å². The van der Waals surface area contributed by atoms with Crippen LogP contribution < -0.4 is 14.8 Å². The number of halogens is 1. The molecule has 2 heterocycles. The van der Waals surface area contributed by atoms with E-state index >= 15 is 0 Å². The number of hydrogen-bond donors (Lipinski definition) is 1. The van der Waals surface area contributed by atoms with Crippen molar-refractivity contribution in [2.45, 2.75) is 19.4 Å². The van der Waals surface area contributed by atoms with E-state index in [-0.39, 0.29) is 25.1 Å². The molecule has 0 saturated carbocycles. The molecule has 24 heavy (non-hydrogen) atoms.